The van der Waals surface area contributed by atoms with E-state index < -0.39 is 5.60 Å². The second-order valence-corrected chi connectivity index (χ2v) is 9.37. The predicted octanol–water partition coefficient (Wildman–Crippen LogP) is 1.68. The van der Waals surface area contributed by atoms with Gasteiger partial charge in [0, 0.05) is 19.2 Å². The number of carbonyl (C=O) groups is 2. The molecule has 1 N–H and O–H groups in total. The molecule has 4 rings (SSSR count). The smallest absolute Gasteiger partial charge is 0.410 e. The molecule has 3 aliphatic heterocycles. The molecule has 28 heavy (non-hydrogen) atoms. The molecule has 1 aromatic heterocycles. The topological polar surface area (TPSA) is 100 Å². The zero-order valence-corrected chi connectivity index (χ0v) is 17.2. The molecule has 1 amide bonds. The minimum Gasteiger partial charge on any atom is -0.444 e. The van der Waals surface area contributed by atoms with E-state index in [1.165, 1.54) is 11.8 Å². The van der Waals surface area contributed by atoms with Crippen LogP contribution in [0.2, 0.25) is 0 Å². The van der Waals surface area contributed by atoms with E-state index in [4.69, 9.17) is 4.74 Å². The molecular weight excluding hydrogens is 380 g/mol. The highest BCUT2D eigenvalue weighted by Gasteiger charge is 2.55. The molecule has 1 aromatic rings. The average molecular weight is 404 g/mol. The van der Waals surface area contributed by atoms with Gasteiger partial charge in [-0.25, -0.2) is 14.8 Å². The van der Waals surface area contributed by atoms with Crippen LogP contribution in [-0.2, 0) is 9.53 Å². The predicted molar refractivity (Wildman–Crippen MR) is 108 cm³/mol. The number of hydrogen-bond acceptors (Lipinski definition) is 9. The maximum Gasteiger partial charge on any atom is 0.410 e. The first-order chi connectivity index (χ1) is 13.2. The Balaban J connectivity index is 1.38. The van der Waals surface area contributed by atoms with Crippen molar-refractivity contribution in [2.45, 2.75) is 50.6 Å². The number of rotatable bonds is 3. The van der Waals surface area contributed by atoms with Gasteiger partial charge in [-0.15, -0.1) is 0 Å². The minimum absolute atomic E-state index is 0.130. The summed E-state index contributed by atoms with van der Waals surface area (Å²) in [5.74, 6) is 2.14. The van der Waals surface area contributed by atoms with Crippen molar-refractivity contribution < 1.29 is 14.3 Å². The molecule has 9 nitrogen and oxygen atoms in total. The number of carbonyl (C=O) groups excluding carboxylic acids is 2. The van der Waals surface area contributed by atoms with E-state index >= 15 is 0 Å². The average Bonchev–Trinajstić information content (AvgIpc) is 3.02. The minimum atomic E-state index is -0.486. The van der Waals surface area contributed by atoms with Gasteiger partial charge in [-0.05, 0) is 27.7 Å². The molecule has 4 heterocycles. The van der Waals surface area contributed by atoms with E-state index in [1.807, 2.05) is 33.8 Å². The summed E-state index contributed by atoms with van der Waals surface area (Å²) >= 11 is 1.40. The Kier molecular flexibility index (Phi) is 4.68. The van der Waals surface area contributed by atoms with E-state index in [2.05, 4.69) is 25.2 Å². The van der Waals surface area contributed by atoms with Crippen LogP contribution in [0.4, 0.5) is 16.4 Å². The van der Waals surface area contributed by atoms with E-state index in [9.17, 15) is 9.59 Å². The van der Waals surface area contributed by atoms with Crippen molar-refractivity contribution in [3.05, 3.63) is 11.9 Å². The standard InChI is InChI=1S/C18H24N6O3S/c1-10-20-14(22-16-19-6-11(9-25)28-16)5-15(21-10)23-7-13-12(23)8-24(13)17(26)27-18(2,3)4/h5,9,11-13H,6-8H2,1-4H3,(H,19,20,21,22)/t11?,12-,13?/m0/s1. The van der Waals surface area contributed by atoms with E-state index in [-0.39, 0.29) is 23.4 Å². The Hall–Kier alpha value is -2.36. The molecule has 150 valence electrons. The van der Waals surface area contributed by atoms with Gasteiger partial charge in [0.2, 0.25) is 0 Å². The van der Waals surface area contributed by atoms with E-state index in [0.29, 0.717) is 29.9 Å². The lowest BCUT2D eigenvalue weighted by Gasteiger charge is -2.61. The number of hydrogen-bond donors (Lipinski definition) is 1. The number of amides is 1. The van der Waals surface area contributed by atoms with Gasteiger partial charge in [-0.3, -0.25) is 9.89 Å². The van der Waals surface area contributed by atoms with Crippen molar-refractivity contribution in [1.82, 2.24) is 14.9 Å². The fourth-order valence-electron chi connectivity index (χ4n) is 3.45. The molecule has 3 aliphatic rings. The Bertz CT molecular complexity index is 839. The summed E-state index contributed by atoms with van der Waals surface area (Å²) in [5, 5.41) is 3.74. The highest BCUT2D eigenvalue weighted by atomic mass is 32.2. The summed E-state index contributed by atoms with van der Waals surface area (Å²) in [6.07, 6.45) is 0.655. The SMILES string of the molecule is Cc1nc(NC2=NCC(C=O)S2)cc(N2CC3[C@@H]2CN3C(=O)OC(C)(C)C)n1. The lowest BCUT2D eigenvalue weighted by atomic mass is 9.86. The second-order valence-electron chi connectivity index (χ2n) is 8.14. The summed E-state index contributed by atoms with van der Waals surface area (Å²) in [5.41, 5.74) is -0.486. The number of piperazine rings is 1. The molecule has 0 bridgehead atoms. The molecule has 2 unspecified atom stereocenters. The Morgan fingerprint density at radius 3 is 2.71 bits per heavy atom. The van der Waals surface area contributed by atoms with Crippen molar-refractivity contribution in [1.29, 1.82) is 0 Å². The molecule has 2 fully saturated rings. The summed E-state index contributed by atoms with van der Waals surface area (Å²) in [6.45, 7) is 9.31. The lowest BCUT2D eigenvalue weighted by Crippen LogP contribution is -2.80. The normalized spacial score (nSPS) is 26.0. The van der Waals surface area contributed by atoms with Crippen molar-refractivity contribution in [2.24, 2.45) is 4.99 Å². The highest BCUT2D eigenvalue weighted by molar-refractivity contribution is 8.15. The number of likely N-dealkylation sites (tertiary alicyclic amines) is 1. The summed E-state index contributed by atoms with van der Waals surface area (Å²) < 4.78 is 5.46. The zero-order chi connectivity index (χ0) is 20.1. The largest absolute Gasteiger partial charge is 0.444 e. The van der Waals surface area contributed by atoms with Gasteiger partial charge < -0.3 is 19.7 Å². The van der Waals surface area contributed by atoms with Gasteiger partial charge in [0.05, 0.1) is 23.9 Å². The van der Waals surface area contributed by atoms with Gasteiger partial charge in [-0.1, -0.05) is 11.8 Å². The first-order valence-corrected chi connectivity index (χ1v) is 10.2. The van der Waals surface area contributed by atoms with Crippen LogP contribution in [0.1, 0.15) is 26.6 Å². The van der Waals surface area contributed by atoms with Crippen molar-refractivity contribution >= 4 is 40.9 Å². The Morgan fingerprint density at radius 2 is 2.11 bits per heavy atom. The van der Waals surface area contributed by atoms with Crippen LogP contribution in [0.3, 0.4) is 0 Å². The number of fused-ring (bicyclic) bond motifs is 1. The van der Waals surface area contributed by atoms with Gasteiger partial charge >= 0.3 is 6.09 Å². The fraction of sp³-hybridized carbons (Fsp3) is 0.611. The zero-order valence-electron chi connectivity index (χ0n) is 16.4. The van der Waals surface area contributed by atoms with E-state index in [1.54, 1.807) is 4.90 Å². The number of aryl methyl sites for hydroxylation is 1. The number of nitrogens with one attached hydrogen (secondary N) is 1. The molecule has 0 radical (unpaired) electrons. The number of anilines is 2. The highest BCUT2D eigenvalue weighted by Crippen LogP contribution is 2.38. The monoisotopic (exact) mass is 404 g/mol. The first kappa shape index (κ1) is 19.0. The summed E-state index contributed by atoms with van der Waals surface area (Å²) in [4.78, 5) is 40.4. The number of thioether (sulfide) groups is 1. The van der Waals surface area contributed by atoms with Crippen molar-refractivity contribution in [2.75, 3.05) is 29.9 Å². The van der Waals surface area contributed by atoms with Crippen LogP contribution in [0.25, 0.3) is 0 Å². The molecule has 0 aromatic carbocycles. The first-order valence-electron chi connectivity index (χ1n) is 9.29. The fourth-order valence-corrected chi connectivity index (χ4v) is 4.25. The molecule has 3 atom stereocenters. The van der Waals surface area contributed by atoms with Crippen molar-refractivity contribution in [3.63, 3.8) is 0 Å². The van der Waals surface area contributed by atoms with Crippen LogP contribution in [0.5, 0.6) is 0 Å². The van der Waals surface area contributed by atoms with Gasteiger partial charge in [0.25, 0.3) is 0 Å². The van der Waals surface area contributed by atoms with E-state index in [0.717, 1.165) is 18.6 Å². The lowest BCUT2D eigenvalue weighted by molar-refractivity contribution is -0.107. The Morgan fingerprint density at radius 1 is 1.32 bits per heavy atom. The second kappa shape index (κ2) is 6.91. The van der Waals surface area contributed by atoms with Gasteiger partial charge in [0.15, 0.2) is 5.17 Å². The van der Waals surface area contributed by atoms with Crippen molar-refractivity contribution in [3.8, 4) is 0 Å². The molecule has 0 saturated carbocycles. The number of aldehydes is 1. The van der Waals surface area contributed by atoms with Crippen LogP contribution in [0, 0.1) is 6.92 Å². The quantitative estimate of drug-likeness (QED) is 0.760. The van der Waals surface area contributed by atoms with Crippen LogP contribution in [0.15, 0.2) is 11.1 Å². The Labute approximate surface area is 167 Å². The molecule has 2 saturated heterocycles. The molecular formula is C18H24N6O3S. The van der Waals surface area contributed by atoms with Crippen LogP contribution < -0.4 is 10.2 Å². The molecule has 0 aliphatic carbocycles. The third-order valence-corrected chi connectivity index (χ3v) is 5.84. The number of aliphatic imine (C=N–C) groups is 1. The third kappa shape index (κ3) is 3.65. The van der Waals surface area contributed by atoms with Crippen LogP contribution in [-0.4, -0.2) is 75.0 Å². The molecule has 10 heteroatoms. The molecule has 0 spiro atoms. The van der Waals surface area contributed by atoms with Crippen LogP contribution >= 0.6 is 11.8 Å². The van der Waals surface area contributed by atoms with Gasteiger partial charge in [-0.2, -0.15) is 0 Å². The number of aromatic nitrogens is 2. The number of nitrogens with zero attached hydrogens (tertiary/aromatic N) is 5. The number of amidine groups is 1. The number of ether oxygens (including phenoxy) is 1. The maximum absolute atomic E-state index is 12.2. The summed E-state index contributed by atoms with van der Waals surface area (Å²) in [7, 11) is 0. The maximum atomic E-state index is 12.2. The third-order valence-electron chi connectivity index (χ3n) is 4.82. The van der Waals surface area contributed by atoms with Gasteiger partial charge in [0.1, 0.15) is 29.3 Å². The summed E-state index contributed by atoms with van der Waals surface area (Å²) in [6, 6.07) is 2.31.